The molecule has 3 heteroatoms. The third kappa shape index (κ3) is 3.19. The maximum atomic E-state index is 13.9. The van der Waals surface area contributed by atoms with Gasteiger partial charge in [-0.15, -0.1) is 0 Å². The summed E-state index contributed by atoms with van der Waals surface area (Å²) in [4.78, 5) is 4.83. The standard InChI is InChI=1S/C16H16FNO/c1-3-19-18-11-14-9-8-13(10-16(14)17)15-7-5-4-6-12(15)2/h4-11H,3H2,1-2H3/b18-11+. The van der Waals surface area contributed by atoms with Gasteiger partial charge in [-0.2, -0.15) is 0 Å². The van der Waals surface area contributed by atoms with Crippen molar-refractivity contribution in [2.24, 2.45) is 5.16 Å². The highest BCUT2D eigenvalue weighted by Crippen LogP contribution is 2.24. The molecule has 2 aromatic rings. The Balaban J connectivity index is 2.31. The summed E-state index contributed by atoms with van der Waals surface area (Å²) in [6.07, 6.45) is 1.39. The minimum atomic E-state index is -0.302. The van der Waals surface area contributed by atoms with Gasteiger partial charge in [0.2, 0.25) is 0 Å². The van der Waals surface area contributed by atoms with Gasteiger partial charge in [0.05, 0.1) is 6.21 Å². The van der Waals surface area contributed by atoms with Crippen molar-refractivity contribution in [3.05, 3.63) is 59.4 Å². The van der Waals surface area contributed by atoms with Crippen molar-refractivity contribution < 1.29 is 9.23 Å². The normalized spacial score (nSPS) is 10.9. The van der Waals surface area contributed by atoms with Crippen LogP contribution in [0.2, 0.25) is 0 Å². The monoisotopic (exact) mass is 257 g/mol. The van der Waals surface area contributed by atoms with Crippen LogP contribution in [0.15, 0.2) is 47.6 Å². The molecule has 0 unspecified atom stereocenters. The Morgan fingerprint density at radius 2 is 2.00 bits per heavy atom. The average molecular weight is 257 g/mol. The molecule has 0 saturated heterocycles. The number of benzene rings is 2. The van der Waals surface area contributed by atoms with Crippen molar-refractivity contribution in [3.63, 3.8) is 0 Å². The summed E-state index contributed by atoms with van der Waals surface area (Å²) in [6.45, 7) is 4.31. The lowest BCUT2D eigenvalue weighted by molar-refractivity contribution is 0.160. The first kappa shape index (κ1) is 13.3. The molecule has 0 radical (unpaired) electrons. The van der Waals surface area contributed by atoms with Gasteiger partial charge in [0.15, 0.2) is 0 Å². The average Bonchev–Trinajstić information content (AvgIpc) is 2.41. The van der Waals surface area contributed by atoms with Crippen LogP contribution in [-0.4, -0.2) is 12.8 Å². The molecule has 0 heterocycles. The highest BCUT2D eigenvalue weighted by Gasteiger charge is 2.05. The highest BCUT2D eigenvalue weighted by atomic mass is 19.1. The maximum Gasteiger partial charge on any atom is 0.132 e. The number of nitrogens with zero attached hydrogens (tertiary/aromatic N) is 1. The number of aryl methyl sites for hydroxylation is 1. The smallest absolute Gasteiger partial charge is 0.132 e. The SMILES string of the molecule is CCO/N=C/c1ccc(-c2ccccc2C)cc1F. The van der Waals surface area contributed by atoms with Crippen molar-refractivity contribution in [1.82, 2.24) is 0 Å². The molecule has 0 fully saturated rings. The molecule has 19 heavy (non-hydrogen) atoms. The zero-order chi connectivity index (χ0) is 13.7. The minimum absolute atomic E-state index is 0.302. The number of rotatable bonds is 4. The largest absolute Gasteiger partial charge is 0.396 e. The number of hydrogen-bond acceptors (Lipinski definition) is 2. The van der Waals surface area contributed by atoms with Crippen LogP contribution in [0.4, 0.5) is 4.39 Å². The van der Waals surface area contributed by atoms with E-state index in [0.29, 0.717) is 12.2 Å². The van der Waals surface area contributed by atoms with E-state index in [1.54, 1.807) is 6.07 Å². The first-order valence-corrected chi connectivity index (χ1v) is 6.23. The molecule has 0 aliphatic rings. The Morgan fingerprint density at radius 1 is 1.21 bits per heavy atom. The third-order valence-electron chi connectivity index (χ3n) is 2.85. The van der Waals surface area contributed by atoms with Crippen molar-refractivity contribution in [2.45, 2.75) is 13.8 Å². The summed E-state index contributed by atoms with van der Waals surface area (Å²) in [7, 11) is 0. The lowest BCUT2D eigenvalue weighted by Crippen LogP contribution is -1.91. The summed E-state index contributed by atoms with van der Waals surface area (Å²) in [5.74, 6) is -0.302. The molecular weight excluding hydrogens is 241 g/mol. The van der Waals surface area contributed by atoms with Gasteiger partial charge in [0.25, 0.3) is 0 Å². The predicted molar refractivity (Wildman–Crippen MR) is 75.8 cm³/mol. The van der Waals surface area contributed by atoms with Gasteiger partial charge in [-0.3, -0.25) is 0 Å². The predicted octanol–water partition coefficient (Wildman–Crippen LogP) is 4.17. The van der Waals surface area contributed by atoms with Gasteiger partial charge < -0.3 is 4.84 Å². The topological polar surface area (TPSA) is 21.6 Å². The van der Waals surface area contributed by atoms with Crippen LogP contribution in [0.1, 0.15) is 18.1 Å². The van der Waals surface area contributed by atoms with E-state index in [-0.39, 0.29) is 5.82 Å². The van der Waals surface area contributed by atoms with Crippen LogP contribution in [0, 0.1) is 12.7 Å². The molecule has 0 N–H and O–H groups in total. The van der Waals surface area contributed by atoms with E-state index in [9.17, 15) is 4.39 Å². The first-order chi connectivity index (χ1) is 9.22. The van der Waals surface area contributed by atoms with Crippen LogP contribution in [0.5, 0.6) is 0 Å². The van der Waals surface area contributed by atoms with Gasteiger partial charge in [0, 0.05) is 5.56 Å². The minimum Gasteiger partial charge on any atom is -0.396 e. The molecule has 0 bridgehead atoms. The quantitative estimate of drug-likeness (QED) is 0.595. The Labute approximate surface area is 112 Å². The molecule has 0 atom stereocenters. The molecule has 0 aliphatic heterocycles. The van der Waals surface area contributed by atoms with Crippen LogP contribution >= 0.6 is 0 Å². The van der Waals surface area contributed by atoms with Crippen molar-refractivity contribution >= 4 is 6.21 Å². The molecule has 98 valence electrons. The van der Waals surface area contributed by atoms with Crippen LogP contribution in [-0.2, 0) is 4.84 Å². The number of hydrogen-bond donors (Lipinski definition) is 0. The second kappa shape index (κ2) is 6.14. The van der Waals surface area contributed by atoms with Crippen molar-refractivity contribution in [1.29, 1.82) is 0 Å². The summed E-state index contributed by atoms with van der Waals surface area (Å²) in [5.41, 5.74) is 3.45. The fraction of sp³-hybridized carbons (Fsp3) is 0.188. The Kier molecular flexibility index (Phi) is 4.29. The molecule has 0 aromatic heterocycles. The maximum absolute atomic E-state index is 13.9. The van der Waals surface area contributed by atoms with Crippen LogP contribution in [0.3, 0.4) is 0 Å². The van der Waals surface area contributed by atoms with E-state index < -0.39 is 0 Å². The van der Waals surface area contributed by atoms with Crippen LogP contribution in [0.25, 0.3) is 11.1 Å². The van der Waals surface area contributed by atoms with Crippen molar-refractivity contribution in [3.8, 4) is 11.1 Å². The van der Waals surface area contributed by atoms with E-state index in [0.717, 1.165) is 16.7 Å². The van der Waals surface area contributed by atoms with E-state index >= 15 is 0 Å². The fourth-order valence-electron chi connectivity index (χ4n) is 1.86. The van der Waals surface area contributed by atoms with E-state index in [4.69, 9.17) is 4.84 Å². The van der Waals surface area contributed by atoms with Gasteiger partial charge in [-0.05, 0) is 42.7 Å². The first-order valence-electron chi connectivity index (χ1n) is 6.23. The third-order valence-corrected chi connectivity index (χ3v) is 2.85. The Bertz CT molecular complexity index is 593. The van der Waals surface area contributed by atoms with E-state index in [1.165, 1.54) is 12.3 Å². The molecule has 0 aliphatic carbocycles. The molecule has 0 spiro atoms. The molecule has 0 saturated carbocycles. The van der Waals surface area contributed by atoms with Crippen molar-refractivity contribution in [2.75, 3.05) is 6.61 Å². The summed E-state index contributed by atoms with van der Waals surface area (Å²) in [6, 6.07) is 13.0. The zero-order valence-corrected chi connectivity index (χ0v) is 11.1. The second-order valence-electron chi connectivity index (χ2n) is 4.20. The molecule has 0 amide bonds. The van der Waals surface area contributed by atoms with Gasteiger partial charge in [0.1, 0.15) is 12.4 Å². The summed E-state index contributed by atoms with van der Waals surface area (Å²) in [5, 5.41) is 3.68. The Morgan fingerprint density at radius 3 is 2.68 bits per heavy atom. The van der Waals surface area contributed by atoms with E-state index in [1.807, 2.05) is 44.2 Å². The highest BCUT2D eigenvalue weighted by molar-refractivity contribution is 5.81. The molecule has 2 rings (SSSR count). The number of halogens is 1. The van der Waals surface area contributed by atoms with Crippen LogP contribution < -0.4 is 0 Å². The van der Waals surface area contributed by atoms with Gasteiger partial charge >= 0.3 is 0 Å². The fourth-order valence-corrected chi connectivity index (χ4v) is 1.86. The Hall–Kier alpha value is -2.16. The molecule has 2 nitrogen and oxygen atoms in total. The molecule has 2 aromatic carbocycles. The molecular formula is C16H16FNO. The van der Waals surface area contributed by atoms with Gasteiger partial charge in [-0.1, -0.05) is 35.5 Å². The number of oxime groups is 1. The van der Waals surface area contributed by atoms with E-state index in [2.05, 4.69) is 5.16 Å². The lowest BCUT2D eigenvalue weighted by atomic mass is 9.99. The lowest BCUT2D eigenvalue weighted by Gasteiger charge is -2.06. The second-order valence-corrected chi connectivity index (χ2v) is 4.20. The zero-order valence-electron chi connectivity index (χ0n) is 11.1. The summed E-state index contributed by atoms with van der Waals surface area (Å²) >= 11 is 0. The van der Waals surface area contributed by atoms with Gasteiger partial charge in [-0.25, -0.2) is 4.39 Å². The summed E-state index contributed by atoms with van der Waals surface area (Å²) < 4.78 is 13.9.